The number of carbonyl (C=O) groups is 2. The van der Waals surface area contributed by atoms with Gasteiger partial charge in [-0.25, -0.2) is 4.79 Å². The Morgan fingerprint density at radius 2 is 1.63 bits per heavy atom. The second-order valence-corrected chi connectivity index (χ2v) is 8.54. The van der Waals surface area contributed by atoms with E-state index >= 15 is 0 Å². The van der Waals surface area contributed by atoms with Gasteiger partial charge < -0.3 is 24.2 Å². The SMILES string of the molecule is O=C(N1CCOCC1)N1CCN2[C@H](C1)C(=O)N(Cc1ccccc1)C21CCOCC1. The van der Waals surface area contributed by atoms with Crippen LogP contribution < -0.4 is 0 Å². The zero-order valence-electron chi connectivity index (χ0n) is 17.4. The van der Waals surface area contributed by atoms with Crippen LogP contribution in [0.15, 0.2) is 30.3 Å². The molecule has 0 unspecified atom stereocenters. The summed E-state index contributed by atoms with van der Waals surface area (Å²) in [6.07, 6.45) is 1.64. The van der Waals surface area contributed by atoms with Crippen molar-refractivity contribution in [2.45, 2.75) is 31.1 Å². The molecule has 3 amide bonds. The van der Waals surface area contributed by atoms with Gasteiger partial charge in [-0.3, -0.25) is 9.69 Å². The molecule has 30 heavy (non-hydrogen) atoms. The highest BCUT2D eigenvalue weighted by molar-refractivity contribution is 5.87. The van der Waals surface area contributed by atoms with Crippen molar-refractivity contribution in [3.05, 3.63) is 35.9 Å². The van der Waals surface area contributed by atoms with Gasteiger partial charge in [0.2, 0.25) is 5.91 Å². The summed E-state index contributed by atoms with van der Waals surface area (Å²) in [7, 11) is 0. The Morgan fingerprint density at radius 3 is 2.37 bits per heavy atom. The summed E-state index contributed by atoms with van der Waals surface area (Å²) in [5, 5.41) is 0. The van der Waals surface area contributed by atoms with Crippen molar-refractivity contribution in [1.29, 1.82) is 0 Å². The molecule has 1 aromatic rings. The lowest BCUT2D eigenvalue weighted by molar-refractivity contribution is -0.137. The number of fused-ring (bicyclic) bond motifs is 2. The van der Waals surface area contributed by atoms with E-state index in [2.05, 4.69) is 21.9 Å². The Hall–Kier alpha value is -2.16. The van der Waals surface area contributed by atoms with E-state index in [9.17, 15) is 9.59 Å². The molecule has 1 aromatic carbocycles. The van der Waals surface area contributed by atoms with Crippen LogP contribution in [0.3, 0.4) is 0 Å². The minimum absolute atomic E-state index is 0.0355. The summed E-state index contributed by atoms with van der Waals surface area (Å²) >= 11 is 0. The highest BCUT2D eigenvalue weighted by Gasteiger charge is 2.58. The van der Waals surface area contributed by atoms with E-state index in [0.717, 1.165) is 24.9 Å². The van der Waals surface area contributed by atoms with Crippen LogP contribution in [0, 0.1) is 0 Å². The van der Waals surface area contributed by atoms with Crippen LogP contribution in [0.2, 0.25) is 0 Å². The predicted octanol–water partition coefficient (Wildman–Crippen LogP) is 0.974. The molecule has 1 spiro atoms. The third kappa shape index (κ3) is 3.36. The third-order valence-electron chi connectivity index (χ3n) is 7.00. The molecule has 8 heteroatoms. The van der Waals surface area contributed by atoms with Crippen molar-refractivity contribution in [3.8, 4) is 0 Å². The minimum atomic E-state index is -0.302. The van der Waals surface area contributed by atoms with E-state index < -0.39 is 0 Å². The molecule has 4 aliphatic heterocycles. The zero-order chi connectivity index (χ0) is 20.6. The Kier molecular flexibility index (Phi) is 5.39. The lowest BCUT2D eigenvalue weighted by Gasteiger charge is -2.49. The maximum atomic E-state index is 13.6. The van der Waals surface area contributed by atoms with Crippen molar-refractivity contribution in [3.63, 3.8) is 0 Å². The van der Waals surface area contributed by atoms with Crippen LogP contribution in [0.25, 0.3) is 0 Å². The van der Waals surface area contributed by atoms with Gasteiger partial charge in [-0.05, 0) is 5.56 Å². The molecule has 0 saturated carbocycles. The summed E-state index contributed by atoms with van der Waals surface area (Å²) < 4.78 is 11.0. The number of piperazine rings is 1. The first-order valence-corrected chi connectivity index (χ1v) is 11.0. The van der Waals surface area contributed by atoms with Crippen molar-refractivity contribution < 1.29 is 19.1 Å². The predicted molar refractivity (Wildman–Crippen MR) is 110 cm³/mol. The lowest BCUT2D eigenvalue weighted by Crippen LogP contribution is -2.63. The molecule has 162 valence electrons. The molecule has 0 bridgehead atoms. The van der Waals surface area contributed by atoms with E-state index in [4.69, 9.17) is 9.47 Å². The molecule has 5 rings (SSSR count). The molecule has 1 atom stereocenters. The second kappa shape index (κ2) is 8.17. The molecule has 4 heterocycles. The largest absolute Gasteiger partial charge is 0.381 e. The Bertz CT molecular complexity index is 777. The van der Waals surface area contributed by atoms with Crippen LogP contribution in [-0.4, -0.2) is 102 Å². The van der Waals surface area contributed by atoms with Gasteiger partial charge in [0.15, 0.2) is 0 Å². The quantitative estimate of drug-likeness (QED) is 0.722. The molecule has 0 N–H and O–H groups in total. The minimum Gasteiger partial charge on any atom is -0.381 e. The molecule has 4 fully saturated rings. The standard InChI is InChI=1S/C22H30N4O4/c27-20-19-17-24(21(28)23-10-14-30-15-11-23)8-9-25(19)22(6-12-29-13-7-22)26(20)16-18-4-2-1-3-5-18/h1-5,19H,6-17H2/t19-/m1/s1. The number of amides is 3. The van der Waals surface area contributed by atoms with Crippen LogP contribution in [0.5, 0.6) is 0 Å². The first-order chi connectivity index (χ1) is 14.7. The van der Waals surface area contributed by atoms with Gasteiger partial charge in [-0.15, -0.1) is 0 Å². The lowest BCUT2D eigenvalue weighted by atomic mass is 9.96. The van der Waals surface area contributed by atoms with Gasteiger partial charge in [0.1, 0.15) is 11.7 Å². The number of hydrogen-bond acceptors (Lipinski definition) is 5. The van der Waals surface area contributed by atoms with Crippen molar-refractivity contribution >= 4 is 11.9 Å². The van der Waals surface area contributed by atoms with Crippen LogP contribution in [-0.2, 0) is 20.8 Å². The molecular weight excluding hydrogens is 384 g/mol. The van der Waals surface area contributed by atoms with Gasteiger partial charge >= 0.3 is 6.03 Å². The normalized spacial score (nSPS) is 26.9. The molecule has 8 nitrogen and oxygen atoms in total. The van der Waals surface area contributed by atoms with Crippen molar-refractivity contribution in [1.82, 2.24) is 19.6 Å². The zero-order valence-corrected chi connectivity index (χ0v) is 17.4. The van der Waals surface area contributed by atoms with E-state index in [0.29, 0.717) is 59.2 Å². The number of ether oxygens (including phenoxy) is 2. The van der Waals surface area contributed by atoms with Crippen molar-refractivity contribution in [2.24, 2.45) is 0 Å². The van der Waals surface area contributed by atoms with E-state index in [1.165, 1.54) is 0 Å². The van der Waals surface area contributed by atoms with Crippen LogP contribution in [0.1, 0.15) is 18.4 Å². The molecule has 0 radical (unpaired) electrons. The highest BCUT2D eigenvalue weighted by Crippen LogP contribution is 2.42. The molecule has 0 aliphatic carbocycles. The average Bonchev–Trinajstić information content (AvgIpc) is 3.02. The van der Waals surface area contributed by atoms with E-state index in [-0.39, 0.29) is 23.6 Å². The number of carbonyl (C=O) groups excluding carboxylic acids is 2. The van der Waals surface area contributed by atoms with Gasteiger partial charge in [0.05, 0.1) is 26.4 Å². The molecule has 4 saturated heterocycles. The van der Waals surface area contributed by atoms with Gasteiger partial charge in [-0.1, -0.05) is 30.3 Å². The monoisotopic (exact) mass is 414 g/mol. The number of benzene rings is 1. The van der Waals surface area contributed by atoms with E-state index in [1.807, 2.05) is 28.0 Å². The topological polar surface area (TPSA) is 65.6 Å². The molecular formula is C22H30N4O4. The summed E-state index contributed by atoms with van der Waals surface area (Å²) in [5.74, 6) is 0.139. The summed E-state index contributed by atoms with van der Waals surface area (Å²) in [4.78, 5) is 34.8. The van der Waals surface area contributed by atoms with Gasteiger partial charge in [0, 0.05) is 52.1 Å². The number of morpholine rings is 1. The van der Waals surface area contributed by atoms with Crippen LogP contribution in [0.4, 0.5) is 4.79 Å². The first kappa shape index (κ1) is 19.8. The number of hydrogen-bond donors (Lipinski definition) is 0. The number of rotatable bonds is 2. The maximum absolute atomic E-state index is 13.6. The Morgan fingerprint density at radius 1 is 0.933 bits per heavy atom. The summed E-state index contributed by atoms with van der Waals surface area (Å²) in [6.45, 7) is 6.19. The number of nitrogens with zero attached hydrogens (tertiary/aromatic N) is 4. The second-order valence-electron chi connectivity index (χ2n) is 8.54. The van der Waals surface area contributed by atoms with Crippen LogP contribution >= 0.6 is 0 Å². The highest BCUT2D eigenvalue weighted by atomic mass is 16.5. The van der Waals surface area contributed by atoms with Gasteiger partial charge in [-0.2, -0.15) is 0 Å². The van der Waals surface area contributed by atoms with Crippen molar-refractivity contribution in [2.75, 3.05) is 59.2 Å². The summed E-state index contributed by atoms with van der Waals surface area (Å²) in [5.41, 5.74) is 0.835. The fourth-order valence-corrected chi connectivity index (χ4v) is 5.41. The fraction of sp³-hybridized carbons (Fsp3) is 0.636. The summed E-state index contributed by atoms with van der Waals surface area (Å²) in [6, 6.07) is 9.94. The van der Waals surface area contributed by atoms with Gasteiger partial charge in [0.25, 0.3) is 0 Å². The smallest absolute Gasteiger partial charge is 0.320 e. The molecule has 4 aliphatic rings. The number of urea groups is 1. The molecule has 0 aromatic heterocycles. The average molecular weight is 415 g/mol. The maximum Gasteiger partial charge on any atom is 0.320 e. The third-order valence-corrected chi connectivity index (χ3v) is 7.00. The fourth-order valence-electron chi connectivity index (χ4n) is 5.41. The first-order valence-electron chi connectivity index (χ1n) is 11.0. The van der Waals surface area contributed by atoms with E-state index in [1.54, 1.807) is 0 Å². The Balaban J connectivity index is 1.38. The Labute approximate surface area is 177 Å².